The van der Waals surface area contributed by atoms with Crippen LogP contribution in [0.1, 0.15) is 25.7 Å². The summed E-state index contributed by atoms with van der Waals surface area (Å²) in [7, 11) is 1.85. The molecule has 0 radical (unpaired) electrons. The Morgan fingerprint density at radius 1 is 1.45 bits per heavy atom. The second kappa shape index (κ2) is 6.95. The number of hydrogen-bond acceptors (Lipinski definition) is 2. The van der Waals surface area contributed by atoms with Gasteiger partial charge in [-0.25, -0.2) is 4.79 Å². The van der Waals surface area contributed by atoms with Crippen molar-refractivity contribution in [2.24, 2.45) is 11.7 Å². The van der Waals surface area contributed by atoms with Gasteiger partial charge in [-0.3, -0.25) is 0 Å². The lowest BCUT2D eigenvalue weighted by Gasteiger charge is -2.37. The summed E-state index contributed by atoms with van der Waals surface area (Å²) in [5, 5.41) is 3.50. The Labute approximate surface area is 125 Å². The monoisotopic (exact) mass is 295 g/mol. The zero-order valence-corrected chi connectivity index (χ0v) is 12.6. The third-order valence-corrected chi connectivity index (χ3v) is 4.30. The molecule has 1 aromatic carbocycles. The van der Waals surface area contributed by atoms with Gasteiger partial charge in [0, 0.05) is 23.8 Å². The fraction of sp³-hybridized carbons (Fsp3) is 0.533. The van der Waals surface area contributed by atoms with Gasteiger partial charge in [-0.1, -0.05) is 30.5 Å². The van der Waals surface area contributed by atoms with Crippen molar-refractivity contribution in [3.05, 3.63) is 29.3 Å². The van der Waals surface area contributed by atoms with Crippen molar-refractivity contribution in [3.63, 3.8) is 0 Å². The Morgan fingerprint density at radius 3 is 2.90 bits per heavy atom. The normalized spacial score (nSPS) is 22.4. The molecule has 2 amide bonds. The van der Waals surface area contributed by atoms with E-state index in [1.807, 2.05) is 19.2 Å². The zero-order valence-electron chi connectivity index (χ0n) is 11.8. The number of benzene rings is 1. The first kappa shape index (κ1) is 15.1. The number of amides is 2. The number of halogens is 1. The lowest BCUT2D eigenvalue weighted by molar-refractivity contribution is 0.150. The van der Waals surface area contributed by atoms with Crippen LogP contribution in [0.3, 0.4) is 0 Å². The quantitative estimate of drug-likeness (QED) is 0.898. The molecule has 4 nitrogen and oxygen atoms in total. The minimum absolute atomic E-state index is 0.0994. The van der Waals surface area contributed by atoms with Crippen LogP contribution in [0.5, 0.6) is 0 Å². The van der Waals surface area contributed by atoms with Crippen molar-refractivity contribution >= 4 is 23.3 Å². The maximum Gasteiger partial charge on any atom is 0.321 e. The molecule has 2 rings (SSSR count). The lowest BCUT2D eigenvalue weighted by Crippen LogP contribution is -2.47. The summed E-state index contributed by atoms with van der Waals surface area (Å²) in [5.41, 5.74) is 6.55. The summed E-state index contributed by atoms with van der Waals surface area (Å²) in [6.45, 7) is 0.638. The average molecular weight is 296 g/mol. The van der Waals surface area contributed by atoms with Gasteiger partial charge in [0.05, 0.1) is 0 Å². The van der Waals surface area contributed by atoms with Gasteiger partial charge >= 0.3 is 6.03 Å². The summed E-state index contributed by atoms with van der Waals surface area (Å²) in [6, 6.07) is 7.31. The highest BCUT2D eigenvalue weighted by atomic mass is 35.5. The largest absolute Gasteiger partial charge is 0.330 e. The average Bonchev–Trinajstić information content (AvgIpc) is 2.46. The summed E-state index contributed by atoms with van der Waals surface area (Å²) in [6.07, 6.45) is 4.51. The molecule has 1 saturated carbocycles. The van der Waals surface area contributed by atoms with E-state index in [1.54, 1.807) is 17.0 Å². The van der Waals surface area contributed by atoms with Crippen LogP contribution < -0.4 is 11.1 Å². The molecule has 1 aliphatic rings. The minimum atomic E-state index is -0.0994. The maximum atomic E-state index is 12.3. The van der Waals surface area contributed by atoms with Crippen molar-refractivity contribution in [3.8, 4) is 0 Å². The molecule has 0 aromatic heterocycles. The summed E-state index contributed by atoms with van der Waals surface area (Å²) < 4.78 is 0. The van der Waals surface area contributed by atoms with Crippen LogP contribution in [0.4, 0.5) is 10.5 Å². The van der Waals surface area contributed by atoms with E-state index in [9.17, 15) is 4.79 Å². The lowest BCUT2D eigenvalue weighted by atomic mass is 9.84. The van der Waals surface area contributed by atoms with Crippen LogP contribution in [0.25, 0.3) is 0 Å². The Morgan fingerprint density at radius 2 is 2.20 bits per heavy atom. The molecule has 3 N–H and O–H groups in total. The molecule has 110 valence electrons. The molecule has 0 heterocycles. The molecule has 5 heteroatoms. The number of nitrogens with zero attached hydrogens (tertiary/aromatic N) is 1. The number of carbonyl (C=O) groups is 1. The first-order chi connectivity index (χ1) is 9.61. The van der Waals surface area contributed by atoms with Crippen molar-refractivity contribution in [1.82, 2.24) is 4.90 Å². The smallest absolute Gasteiger partial charge is 0.321 e. The van der Waals surface area contributed by atoms with E-state index in [0.717, 1.165) is 24.9 Å². The van der Waals surface area contributed by atoms with E-state index >= 15 is 0 Å². The van der Waals surface area contributed by atoms with E-state index in [0.29, 0.717) is 17.5 Å². The fourth-order valence-corrected chi connectivity index (χ4v) is 3.09. The molecule has 0 aliphatic heterocycles. The molecule has 0 bridgehead atoms. The van der Waals surface area contributed by atoms with Gasteiger partial charge in [0.1, 0.15) is 0 Å². The topological polar surface area (TPSA) is 58.4 Å². The van der Waals surface area contributed by atoms with Gasteiger partial charge in [0.25, 0.3) is 0 Å². The van der Waals surface area contributed by atoms with Gasteiger partial charge in [0.15, 0.2) is 0 Å². The van der Waals surface area contributed by atoms with Crippen LogP contribution in [-0.2, 0) is 0 Å². The third-order valence-electron chi connectivity index (χ3n) is 4.07. The Balaban J connectivity index is 2.00. The number of anilines is 1. The van der Waals surface area contributed by atoms with E-state index in [-0.39, 0.29) is 12.1 Å². The number of carbonyl (C=O) groups excluding carboxylic acids is 1. The van der Waals surface area contributed by atoms with E-state index < -0.39 is 0 Å². The first-order valence-corrected chi connectivity index (χ1v) is 7.49. The molecule has 1 aliphatic carbocycles. The van der Waals surface area contributed by atoms with Crippen molar-refractivity contribution in [1.29, 1.82) is 0 Å². The number of urea groups is 1. The predicted octanol–water partition coefficient (Wildman–Crippen LogP) is 3.32. The zero-order chi connectivity index (χ0) is 14.5. The van der Waals surface area contributed by atoms with Gasteiger partial charge in [-0.2, -0.15) is 0 Å². The highest BCUT2D eigenvalue weighted by molar-refractivity contribution is 6.30. The van der Waals surface area contributed by atoms with Crippen LogP contribution in [0, 0.1) is 5.92 Å². The Hall–Kier alpha value is -1.26. The molecule has 1 aromatic rings. The highest BCUT2D eigenvalue weighted by Gasteiger charge is 2.29. The SMILES string of the molecule is CN(C(=O)Nc1cccc(Cl)c1)C1CCCCC1CN. The van der Waals surface area contributed by atoms with Crippen LogP contribution in [-0.4, -0.2) is 30.6 Å². The third kappa shape index (κ3) is 3.64. The summed E-state index contributed by atoms with van der Waals surface area (Å²) in [4.78, 5) is 14.1. The second-order valence-corrected chi connectivity index (χ2v) is 5.84. The Kier molecular flexibility index (Phi) is 5.26. The first-order valence-electron chi connectivity index (χ1n) is 7.11. The molecular weight excluding hydrogens is 274 g/mol. The predicted molar refractivity (Wildman–Crippen MR) is 83.0 cm³/mol. The highest BCUT2D eigenvalue weighted by Crippen LogP contribution is 2.27. The number of rotatable bonds is 3. The van der Waals surface area contributed by atoms with Gasteiger partial charge < -0.3 is 16.0 Å². The Bertz CT molecular complexity index is 466. The van der Waals surface area contributed by atoms with Gasteiger partial charge in [-0.15, -0.1) is 0 Å². The van der Waals surface area contributed by atoms with Crippen LogP contribution >= 0.6 is 11.6 Å². The molecule has 20 heavy (non-hydrogen) atoms. The fourth-order valence-electron chi connectivity index (χ4n) is 2.90. The van der Waals surface area contributed by atoms with E-state index in [2.05, 4.69) is 5.32 Å². The molecular formula is C15H22ClN3O. The standard InChI is InChI=1S/C15H22ClN3O/c1-19(14-8-3-2-5-11(14)10-17)15(20)18-13-7-4-6-12(16)9-13/h4,6-7,9,11,14H,2-3,5,8,10,17H2,1H3,(H,18,20). The van der Waals surface area contributed by atoms with Gasteiger partial charge in [0.2, 0.25) is 0 Å². The molecule has 2 unspecified atom stereocenters. The van der Waals surface area contributed by atoms with Crippen molar-refractivity contribution in [2.45, 2.75) is 31.7 Å². The second-order valence-electron chi connectivity index (χ2n) is 5.40. The van der Waals surface area contributed by atoms with Crippen LogP contribution in [0.2, 0.25) is 5.02 Å². The number of hydrogen-bond donors (Lipinski definition) is 2. The molecule has 2 atom stereocenters. The summed E-state index contributed by atoms with van der Waals surface area (Å²) >= 11 is 5.92. The van der Waals surface area contributed by atoms with E-state index in [1.165, 1.54) is 6.42 Å². The minimum Gasteiger partial charge on any atom is -0.330 e. The van der Waals surface area contributed by atoms with Crippen molar-refractivity contribution in [2.75, 3.05) is 18.9 Å². The molecule has 0 saturated heterocycles. The van der Waals surface area contributed by atoms with Crippen molar-refractivity contribution < 1.29 is 4.79 Å². The molecule has 0 spiro atoms. The van der Waals surface area contributed by atoms with E-state index in [4.69, 9.17) is 17.3 Å². The van der Waals surface area contributed by atoms with Gasteiger partial charge in [-0.05, 0) is 43.5 Å². The summed E-state index contributed by atoms with van der Waals surface area (Å²) in [5.74, 6) is 0.402. The molecule has 1 fully saturated rings. The number of nitrogens with two attached hydrogens (primary N) is 1. The number of nitrogens with one attached hydrogen (secondary N) is 1. The van der Waals surface area contributed by atoms with Crippen LogP contribution in [0.15, 0.2) is 24.3 Å². The maximum absolute atomic E-state index is 12.3.